The van der Waals surface area contributed by atoms with Gasteiger partial charge in [0.15, 0.2) is 0 Å². The van der Waals surface area contributed by atoms with Gasteiger partial charge in [0.2, 0.25) is 0 Å². The van der Waals surface area contributed by atoms with Crippen molar-refractivity contribution in [3.05, 3.63) is 46.8 Å². The highest BCUT2D eigenvalue weighted by molar-refractivity contribution is 7.90. The van der Waals surface area contributed by atoms with E-state index >= 15 is 0 Å². The number of aromatic nitrogens is 2. The fourth-order valence-electron chi connectivity index (χ4n) is 3.96. The quantitative estimate of drug-likeness (QED) is 0.570. The highest BCUT2D eigenvalue weighted by Crippen LogP contribution is 2.29. The van der Waals surface area contributed by atoms with E-state index in [9.17, 15) is 39.6 Å². The number of nitrogens with zero attached hydrogens (tertiary/aromatic N) is 5. The normalized spacial score (nSPS) is 16.4. The van der Waals surface area contributed by atoms with E-state index in [4.69, 9.17) is 0 Å². The van der Waals surface area contributed by atoms with Crippen LogP contribution in [0.3, 0.4) is 0 Å². The molecule has 0 radical (unpaired) electrons. The third kappa shape index (κ3) is 4.85. The first kappa shape index (κ1) is 25.8. The molecule has 0 saturated carbocycles. The number of benzene rings is 1. The molecule has 1 aromatic carbocycles. The number of anilines is 1. The van der Waals surface area contributed by atoms with Crippen LogP contribution in [0.4, 0.5) is 32.0 Å². The summed E-state index contributed by atoms with van der Waals surface area (Å²) in [6, 6.07) is 3.71. The van der Waals surface area contributed by atoms with Gasteiger partial charge in [0.05, 0.1) is 18.8 Å². The molecule has 1 aromatic heterocycles. The number of hydrogen-bond donors (Lipinski definition) is 1. The lowest BCUT2D eigenvalue weighted by atomic mass is 10.1. The number of aryl methyl sites for hydroxylation is 1. The van der Waals surface area contributed by atoms with Crippen molar-refractivity contribution in [2.45, 2.75) is 44.3 Å². The van der Waals surface area contributed by atoms with Gasteiger partial charge >= 0.3 is 15.5 Å². The lowest BCUT2D eigenvalue weighted by molar-refractivity contribution is -0.0471. The van der Waals surface area contributed by atoms with Crippen LogP contribution < -0.4 is 10.3 Å². The number of imidazole rings is 1. The molecule has 2 aromatic rings. The van der Waals surface area contributed by atoms with Crippen molar-refractivity contribution in [1.29, 1.82) is 0 Å². The minimum absolute atomic E-state index is 0.0220. The number of nitrogens with one attached hydrogen (secondary N) is 1. The van der Waals surface area contributed by atoms with Gasteiger partial charge in [0, 0.05) is 19.5 Å². The van der Waals surface area contributed by atoms with Crippen LogP contribution in [0.1, 0.15) is 46.8 Å². The molecule has 1 amide bonds. The smallest absolute Gasteiger partial charge is 0.347 e. The lowest BCUT2D eigenvalue weighted by Crippen LogP contribution is -2.46. The van der Waals surface area contributed by atoms with Gasteiger partial charge in [-0.25, -0.2) is 22.5 Å². The first-order valence-corrected chi connectivity index (χ1v) is 12.2. The first-order valence-electron chi connectivity index (χ1n) is 10.7. The van der Waals surface area contributed by atoms with Gasteiger partial charge < -0.3 is 9.88 Å². The molecule has 1 N–H and O–H groups in total. The first-order chi connectivity index (χ1) is 16.9. The summed E-state index contributed by atoms with van der Waals surface area (Å²) in [5.41, 5.74) is -6.17. The monoisotopic (exact) mass is 538 g/mol. The summed E-state index contributed by atoms with van der Waals surface area (Å²) in [7, 11) is -5.60. The van der Waals surface area contributed by atoms with Crippen molar-refractivity contribution in [2.24, 2.45) is 5.10 Å². The number of amides is 1. The number of carbonyl (C=O) groups is 1. The average molecular weight is 538 g/mol. The van der Waals surface area contributed by atoms with Gasteiger partial charge in [0.1, 0.15) is 29.4 Å². The summed E-state index contributed by atoms with van der Waals surface area (Å²) >= 11 is 0. The second kappa shape index (κ2) is 9.63. The molecule has 36 heavy (non-hydrogen) atoms. The van der Waals surface area contributed by atoms with Gasteiger partial charge in [-0.05, 0) is 30.5 Å². The van der Waals surface area contributed by atoms with Crippen molar-refractivity contribution >= 4 is 28.0 Å². The van der Waals surface area contributed by atoms with E-state index in [2.05, 4.69) is 15.4 Å². The van der Waals surface area contributed by atoms with Gasteiger partial charge in [-0.3, -0.25) is 9.80 Å². The number of fused-ring (bicyclic) bond motifs is 1. The highest BCUT2D eigenvalue weighted by Gasteiger charge is 2.50. The Labute approximate surface area is 201 Å². The highest BCUT2D eigenvalue weighted by atomic mass is 32.2. The Morgan fingerprint density at radius 3 is 2.50 bits per heavy atom. The van der Waals surface area contributed by atoms with E-state index in [0.717, 1.165) is 23.9 Å². The second-order valence-electron chi connectivity index (χ2n) is 8.06. The summed E-state index contributed by atoms with van der Waals surface area (Å²) < 4.78 is 104. The van der Waals surface area contributed by atoms with E-state index < -0.39 is 45.9 Å². The summed E-state index contributed by atoms with van der Waals surface area (Å²) in [5, 5.41) is 7.07. The van der Waals surface area contributed by atoms with Crippen LogP contribution in [0.25, 0.3) is 0 Å². The standard InChI is InChI=1S/C20H20F6N6O3S/c21-13-9-12(4-5-14(13)32-8-7-30(11-28-32)36(34,35)20(24,25)26)10-27-19(33)17-16(18(22)23)29-15-3-1-2-6-31(15)17/h4-5,9,11,18H,1-3,6-8,10H2,(H,27,33). The van der Waals surface area contributed by atoms with Crippen molar-refractivity contribution in [1.82, 2.24) is 19.2 Å². The van der Waals surface area contributed by atoms with Gasteiger partial charge in [-0.15, -0.1) is 0 Å². The van der Waals surface area contributed by atoms with Crippen LogP contribution in [0.15, 0.2) is 23.3 Å². The number of hydrogen-bond acceptors (Lipinski definition) is 6. The second-order valence-corrected chi connectivity index (χ2v) is 9.94. The molecule has 2 aliphatic rings. The van der Waals surface area contributed by atoms with Gasteiger partial charge in [0.25, 0.3) is 12.3 Å². The lowest BCUT2D eigenvalue weighted by Gasteiger charge is -2.29. The zero-order chi connectivity index (χ0) is 26.3. The SMILES string of the molecule is O=C(NCc1ccc(N2CCN(S(=O)(=O)C(F)(F)F)C=N2)c(F)c1)c1c(C(F)F)nc2n1CCCC2. The Bertz CT molecular complexity index is 1290. The van der Waals surface area contributed by atoms with Crippen molar-refractivity contribution in [2.75, 3.05) is 18.1 Å². The molecule has 9 nitrogen and oxygen atoms in total. The zero-order valence-corrected chi connectivity index (χ0v) is 19.3. The number of rotatable bonds is 6. The number of carbonyl (C=O) groups excluding carboxylic acids is 1. The van der Waals surface area contributed by atoms with Crippen molar-refractivity contribution in [3.8, 4) is 0 Å². The summed E-state index contributed by atoms with van der Waals surface area (Å²) in [4.78, 5) is 16.6. The molecule has 16 heteroatoms. The molecule has 0 atom stereocenters. The van der Waals surface area contributed by atoms with Crippen molar-refractivity contribution < 1.29 is 39.6 Å². The summed E-state index contributed by atoms with van der Waals surface area (Å²) in [5.74, 6) is -1.19. The van der Waals surface area contributed by atoms with Crippen LogP contribution in [0.2, 0.25) is 0 Å². The number of halogens is 6. The minimum atomic E-state index is -5.60. The Hall–Kier alpha value is -3.30. The van der Waals surface area contributed by atoms with E-state index in [0.29, 0.717) is 25.1 Å². The molecule has 0 unspecified atom stereocenters. The minimum Gasteiger partial charge on any atom is -0.347 e. The molecular weight excluding hydrogens is 518 g/mol. The predicted octanol–water partition coefficient (Wildman–Crippen LogP) is 3.14. The molecule has 0 saturated heterocycles. The Morgan fingerprint density at radius 1 is 1.14 bits per heavy atom. The molecule has 0 fully saturated rings. The van der Waals surface area contributed by atoms with Crippen LogP contribution >= 0.6 is 0 Å². The topological polar surface area (TPSA) is 99.9 Å². The number of alkyl halides is 5. The molecule has 0 aliphatic carbocycles. The summed E-state index contributed by atoms with van der Waals surface area (Å²) in [6.07, 6.45) is -0.500. The van der Waals surface area contributed by atoms with Gasteiger partial charge in [-0.1, -0.05) is 6.07 Å². The predicted molar refractivity (Wildman–Crippen MR) is 115 cm³/mol. The number of hydrazone groups is 1. The maximum Gasteiger partial charge on any atom is 0.516 e. The van der Waals surface area contributed by atoms with E-state index in [1.807, 2.05) is 0 Å². The third-order valence-corrected chi connectivity index (χ3v) is 7.20. The Kier molecular flexibility index (Phi) is 6.90. The zero-order valence-electron chi connectivity index (χ0n) is 18.5. The van der Waals surface area contributed by atoms with Gasteiger partial charge in [-0.2, -0.15) is 26.7 Å². The molecule has 0 bridgehead atoms. The van der Waals surface area contributed by atoms with Crippen LogP contribution in [0, 0.1) is 5.82 Å². The van der Waals surface area contributed by atoms with Crippen LogP contribution in [0.5, 0.6) is 0 Å². The third-order valence-electron chi connectivity index (χ3n) is 5.72. The maximum absolute atomic E-state index is 14.7. The van der Waals surface area contributed by atoms with E-state index in [-0.39, 0.29) is 34.3 Å². The molecule has 3 heterocycles. The maximum atomic E-state index is 14.7. The number of sulfonamides is 1. The molecule has 0 spiro atoms. The largest absolute Gasteiger partial charge is 0.516 e. The Balaban J connectivity index is 1.45. The molecule has 2 aliphatic heterocycles. The van der Waals surface area contributed by atoms with Crippen molar-refractivity contribution in [3.63, 3.8) is 0 Å². The fraction of sp³-hybridized carbons (Fsp3) is 0.450. The van der Waals surface area contributed by atoms with Crippen LogP contribution in [-0.4, -0.2) is 53.1 Å². The van der Waals surface area contributed by atoms with E-state index in [1.54, 1.807) is 0 Å². The summed E-state index contributed by atoms with van der Waals surface area (Å²) in [6.45, 7) is -0.758. The molecule has 4 rings (SSSR count). The van der Waals surface area contributed by atoms with E-state index in [1.165, 1.54) is 16.7 Å². The molecule has 196 valence electrons. The molecular formula is C20H20F6N6O3S. The average Bonchev–Trinajstić information content (AvgIpc) is 3.22. The van der Waals surface area contributed by atoms with Crippen LogP contribution in [-0.2, 0) is 29.5 Å². The fourth-order valence-corrected chi connectivity index (χ4v) is 4.71. The Morgan fingerprint density at radius 2 is 1.89 bits per heavy atom.